The van der Waals surface area contributed by atoms with Crippen LogP contribution in [0, 0.1) is 5.82 Å². The molecule has 0 aliphatic rings. The van der Waals surface area contributed by atoms with Crippen LogP contribution in [0.15, 0.2) is 42.5 Å². The number of carbonyl (C=O) groups excluding carboxylic acids is 2. The lowest BCUT2D eigenvalue weighted by Gasteiger charge is -2.08. The Kier molecular flexibility index (Phi) is 5.96. The van der Waals surface area contributed by atoms with Crippen LogP contribution in [0.5, 0.6) is 0 Å². The lowest BCUT2D eigenvalue weighted by Crippen LogP contribution is -2.34. The zero-order valence-electron chi connectivity index (χ0n) is 11.9. The highest BCUT2D eigenvalue weighted by molar-refractivity contribution is 6.31. The molecule has 0 unspecified atom stereocenters. The molecular weight excluding hydrogens is 342 g/mol. The SMILES string of the molecule is O=C(Cc1c(F)cccc1Cl)NCC(=O)Nc1ccc(Cl)cc1. The smallest absolute Gasteiger partial charge is 0.243 e. The van der Waals surface area contributed by atoms with Crippen molar-refractivity contribution in [3.05, 3.63) is 63.9 Å². The van der Waals surface area contributed by atoms with E-state index in [2.05, 4.69) is 10.6 Å². The van der Waals surface area contributed by atoms with Crippen LogP contribution < -0.4 is 10.6 Å². The van der Waals surface area contributed by atoms with Gasteiger partial charge in [-0.15, -0.1) is 0 Å². The molecule has 0 radical (unpaired) electrons. The van der Waals surface area contributed by atoms with Gasteiger partial charge in [-0.05, 0) is 36.4 Å². The minimum absolute atomic E-state index is 0.102. The topological polar surface area (TPSA) is 58.2 Å². The Morgan fingerprint density at radius 2 is 1.70 bits per heavy atom. The number of hydrogen-bond acceptors (Lipinski definition) is 2. The third-order valence-corrected chi connectivity index (χ3v) is 3.58. The van der Waals surface area contributed by atoms with E-state index in [0.29, 0.717) is 10.7 Å². The van der Waals surface area contributed by atoms with Gasteiger partial charge in [0, 0.05) is 21.3 Å². The largest absolute Gasteiger partial charge is 0.347 e. The van der Waals surface area contributed by atoms with Gasteiger partial charge in [-0.3, -0.25) is 9.59 Å². The fraction of sp³-hybridized carbons (Fsp3) is 0.125. The van der Waals surface area contributed by atoms with Crippen LogP contribution in [0.4, 0.5) is 10.1 Å². The number of nitrogens with one attached hydrogen (secondary N) is 2. The van der Waals surface area contributed by atoms with Crippen molar-refractivity contribution in [2.24, 2.45) is 0 Å². The predicted octanol–water partition coefficient (Wildman–Crippen LogP) is 3.43. The van der Waals surface area contributed by atoms with Crippen molar-refractivity contribution in [3.8, 4) is 0 Å². The standard InChI is InChI=1S/C16H13Cl2FN2O2/c17-10-4-6-11(7-5-10)21-16(23)9-20-15(22)8-12-13(18)2-1-3-14(12)19/h1-7H,8-9H2,(H,20,22)(H,21,23). The molecule has 2 rings (SSSR count). The number of amides is 2. The van der Waals surface area contributed by atoms with Crippen LogP contribution in [-0.4, -0.2) is 18.4 Å². The molecule has 0 aliphatic carbocycles. The Morgan fingerprint density at radius 1 is 1.00 bits per heavy atom. The van der Waals surface area contributed by atoms with Crippen LogP contribution in [-0.2, 0) is 16.0 Å². The van der Waals surface area contributed by atoms with Gasteiger partial charge in [0.2, 0.25) is 11.8 Å². The molecule has 0 saturated heterocycles. The Morgan fingerprint density at radius 3 is 2.35 bits per heavy atom. The monoisotopic (exact) mass is 354 g/mol. The third-order valence-electron chi connectivity index (χ3n) is 2.97. The minimum Gasteiger partial charge on any atom is -0.347 e. The average Bonchev–Trinajstić information content (AvgIpc) is 2.51. The van der Waals surface area contributed by atoms with E-state index in [4.69, 9.17) is 23.2 Å². The molecule has 23 heavy (non-hydrogen) atoms. The van der Waals surface area contributed by atoms with Crippen molar-refractivity contribution < 1.29 is 14.0 Å². The van der Waals surface area contributed by atoms with Gasteiger partial charge in [0.25, 0.3) is 0 Å². The van der Waals surface area contributed by atoms with Crippen molar-refractivity contribution >= 4 is 40.7 Å². The summed E-state index contributed by atoms with van der Waals surface area (Å²) in [4.78, 5) is 23.5. The first-order valence-corrected chi connectivity index (χ1v) is 7.46. The van der Waals surface area contributed by atoms with Gasteiger partial charge in [-0.2, -0.15) is 0 Å². The number of rotatable bonds is 5. The quantitative estimate of drug-likeness (QED) is 0.863. The lowest BCUT2D eigenvalue weighted by molar-refractivity contribution is -0.123. The van der Waals surface area contributed by atoms with E-state index in [1.54, 1.807) is 24.3 Å². The number of halogens is 3. The molecule has 0 saturated carbocycles. The molecule has 4 nitrogen and oxygen atoms in total. The lowest BCUT2D eigenvalue weighted by atomic mass is 10.1. The summed E-state index contributed by atoms with van der Waals surface area (Å²) in [5.41, 5.74) is 0.663. The predicted molar refractivity (Wildman–Crippen MR) is 88.2 cm³/mol. The summed E-state index contributed by atoms with van der Waals surface area (Å²) in [6.07, 6.45) is -0.236. The molecule has 0 heterocycles. The van der Waals surface area contributed by atoms with Crippen LogP contribution in [0.1, 0.15) is 5.56 Å². The van der Waals surface area contributed by atoms with E-state index in [9.17, 15) is 14.0 Å². The minimum atomic E-state index is -0.557. The van der Waals surface area contributed by atoms with Gasteiger partial charge >= 0.3 is 0 Å². The highest BCUT2D eigenvalue weighted by Crippen LogP contribution is 2.19. The Balaban J connectivity index is 1.84. The van der Waals surface area contributed by atoms with Crippen molar-refractivity contribution in [1.29, 1.82) is 0 Å². The zero-order valence-corrected chi connectivity index (χ0v) is 13.4. The first kappa shape index (κ1) is 17.2. The van der Waals surface area contributed by atoms with E-state index >= 15 is 0 Å². The van der Waals surface area contributed by atoms with Crippen molar-refractivity contribution in [3.63, 3.8) is 0 Å². The second-order valence-corrected chi connectivity index (χ2v) is 5.55. The summed E-state index contributed by atoms with van der Waals surface area (Å²) < 4.78 is 13.6. The van der Waals surface area contributed by atoms with E-state index in [-0.39, 0.29) is 23.6 Å². The first-order chi connectivity index (χ1) is 11.0. The van der Waals surface area contributed by atoms with Crippen molar-refractivity contribution in [2.75, 3.05) is 11.9 Å². The molecule has 2 amide bonds. The van der Waals surface area contributed by atoms with Crippen LogP contribution >= 0.6 is 23.2 Å². The van der Waals surface area contributed by atoms with Gasteiger partial charge < -0.3 is 10.6 Å². The summed E-state index contributed by atoms with van der Waals surface area (Å²) >= 11 is 11.6. The molecular formula is C16H13Cl2FN2O2. The maximum atomic E-state index is 13.6. The summed E-state index contributed by atoms with van der Waals surface area (Å²) in [5.74, 6) is -1.46. The van der Waals surface area contributed by atoms with E-state index in [1.165, 1.54) is 18.2 Å². The van der Waals surface area contributed by atoms with Gasteiger partial charge in [0.15, 0.2) is 0 Å². The average molecular weight is 355 g/mol. The van der Waals surface area contributed by atoms with E-state index in [1.807, 2.05) is 0 Å². The molecule has 2 aromatic carbocycles. The highest BCUT2D eigenvalue weighted by Gasteiger charge is 2.12. The summed E-state index contributed by atoms with van der Waals surface area (Å²) in [6, 6.07) is 10.7. The molecule has 2 N–H and O–H groups in total. The Bertz CT molecular complexity index is 700. The Hall–Kier alpha value is -2.11. The highest BCUT2D eigenvalue weighted by atomic mass is 35.5. The van der Waals surface area contributed by atoms with Gasteiger partial charge in [-0.25, -0.2) is 4.39 Å². The van der Waals surface area contributed by atoms with Crippen LogP contribution in [0.25, 0.3) is 0 Å². The molecule has 2 aromatic rings. The molecule has 120 valence electrons. The molecule has 7 heteroatoms. The number of carbonyl (C=O) groups is 2. The zero-order chi connectivity index (χ0) is 16.8. The molecule has 0 aliphatic heterocycles. The maximum absolute atomic E-state index is 13.6. The maximum Gasteiger partial charge on any atom is 0.243 e. The number of benzene rings is 2. The summed E-state index contributed by atoms with van der Waals surface area (Å²) in [7, 11) is 0. The number of hydrogen-bond donors (Lipinski definition) is 2. The van der Waals surface area contributed by atoms with Crippen molar-refractivity contribution in [2.45, 2.75) is 6.42 Å². The molecule has 0 aromatic heterocycles. The molecule has 0 fully saturated rings. The van der Waals surface area contributed by atoms with Gasteiger partial charge in [0.1, 0.15) is 5.82 Å². The van der Waals surface area contributed by atoms with Gasteiger partial charge in [0.05, 0.1) is 13.0 Å². The normalized spacial score (nSPS) is 10.2. The molecule has 0 bridgehead atoms. The van der Waals surface area contributed by atoms with Crippen LogP contribution in [0.3, 0.4) is 0 Å². The Labute approximate surface area is 142 Å². The third kappa shape index (κ3) is 5.23. The fourth-order valence-corrected chi connectivity index (χ4v) is 2.20. The fourth-order valence-electron chi connectivity index (χ4n) is 1.84. The van der Waals surface area contributed by atoms with Crippen molar-refractivity contribution in [1.82, 2.24) is 5.32 Å². The van der Waals surface area contributed by atoms with E-state index in [0.717, 1.165) is 0 Å². The molecule has 0 spiro atoms. The molecule has 0 atom stereocenters. The second-order valence-electron chi connectivity index (χ2n) is 4.71. The summed E-state index contributed by atoms with van der Waals surface area (Å²) in [6.45, 7) is -0.229. The van der Waals surface area contributed by atoms with Gasteiger partial charge in [-0.1, -0.05) is 29.3 Å². The van der Waals surface area contributed by atoms with Crippen LogP contribution in [0.2, 0.25) is 10.0 Å². The first-order valence-electron chi connectivity index (χ1n) is 6.70. The van der Waals surface area contributed by atoms with E-state index < -0.39 is 17.6 Å². The summed E-state index contributed by atoms with van der Waals surface area (Å²) in [5, 5.41) is 5.74. The number of anilines is 1. The second kappa shape index (κ2) is 7.94.